The molecule has 0 fully saturated rings. The molecular formula is C20H25N5O3S. The van der Waals surface area contributed by atoms with Crippen LogP contribution in [-0.2, 0) is 35.9 Å². The van der Waals surface area contributed by atoms with Gasteiger partial charge in [0.25, 0.3) is 0 Å². The first-order valence-electron chi connectivity index (χ1n) is 10.0. The lowest BCUT2D eigenvalue weighted by Gasteiger charge is -2.17. The van der Waals surface area contributed by atoms with Crippen LogP contribution in [0, 0.1) is 12.3 Å². The van der Waals surface area contributed by atoms with Crippen LogP contribution in [0.25, 0.3) is 0 Å². The lowest BCUT2D eigenvalue weighted by molar-refractivity contribution is 0.256. The van der Waals surface area contributed by atoms with E-state index in [2.05, 4.69) is 37.0 Å². The van der Waals surface area contributed by atoms with Gasteiger partial charge in [0.1, 0.15) is 0 Å². The molecule has 4 rings (SSSR count). The smallest absolute Gasteiger partial charge is 0.307 e. The maximum atomic E-state index is 12.4. The summed E-state index contributed by atoms with van der Waals surface area (Å²) in [6.45, 7) is 0.121. The molecule has 0 atom stereocenters. The molecule has 0 bridgehead atoms. The first-order chi connectivity index (χ1) is 13.9. The number of hydrogen-bond acceptors (Lipinski definition) is 5. The van der Waals surface area contributed by atoms with Crippen LogP contribution in [-0.4, -0.2) is 26.7 Å². The summed E-state index contributed by atoms with van der Waals surface area (Å²) in [5.74, 6) is 2.53. The van der Waals surface area contributed by atoms with Crippen LogP contribution in [0.3, 0.4) is 0 Å². The molecule has 154 valence electrons. The summed E-state index contributed by atoms with van der Waals surface area (Å²) in [6.07, 6.45) is 12.8. The number of urea groups is 1. The van der Waals surface area contributed by atoms with E-state index in [1.165, 1.54) is 11.1 Å². The monoisotopic (exact) mass is 415 g/mol. The summed E-state index contributed by atoms with van der Waals surface area (Å²) in [6, 6.07) is 1.52. The van der Waals surface area contributed by atoms with Crippen LogP contribution in [0.1, 0.15) is 54.4 Å². The molecule has 1 heterocycles. The van der Waals surface area contributed by atoms with E-state index >= 15 is 0 Å². The number of anilines is 1. The lowest BCUT2D eigenvalue weighted by atomic mass is 9.99. The van der Waals surface area contributed by atoms with E-state index in [9.17, 15) is 13.2 Å². The minimum Gasteiger partial charge on any atom is -0.307 e. The molecule has 0 radical (unpaired) electrons. The minimum atomic E-state index is -3.98. The fourth-order valence-corrected chi connectivity index (χ4v) is 5.06. The van der Waals surface area contributed by atoms with E-state index in [0.29, 0.717) is 19.3 Å². The van der Waals surface area contributed by atoms with Crippen LogP contribution >= 0.6 is 0 Å². The van der Waals surface area contributed by atoms with Gasteiger partial charge in [0.05, 0.1) is 0 Å². The maximum absolute atomic E-state index is 12.4. The molecule has 1 aliphatic heterocycles. The Hall–Kier alpha value is -2.44. The quantitative estimate of drug-likeness (QED) is 0.567. The number of nitrogens with one attached hydrogen (secondary N) is 3. The van der Waals surface area contributed by atoms with Crippen molar-refractivity contribution < 1.29 is 13.2 Å². The van der Waals surface area contributed by atoms with Gasteiger partial charge in [-0.3, -0.25) is 0 Å². The Labute approximate surface area is 171 Å². The van der Waals surface area contributed by atoms with E-state index in [1.54, 1.807) is 0 Å². The molecule has 1 aromatic rings. The average molecular weight is 416 g/mol. The topological polar surface area (TPSA) is 112 Å². The van der Waals surface area contributed by atoms with E-state index in [4.69, 9.17) is 6.42 Å². The minimum absolute atomic E-state index is 0.121. The highest BCUT2D eigenvalue weighted by atomic mass is 32.2. The van der Waals surface area contributed by atoms with Gasteiger partial charge in [-0.2, -0.15) is 23.4 Å². The van der Waals surface area contributed by atoms with Crippen LogP contribution in [0.4, 0.5) is 10.5 Å². The van der Waals surface area contributed by atoms with E-state index in [1.807, 2.05) is 0 Å². The Bertz CT molecular complexity index is 972. The predicted molar refractivity (Wildman–Crippen MR) is 110 cm³/mol. The molecule has 1 aromatic carbocycles. The number of carbonyl (C=O) groups is 1. The number of nitrogens with zero attached hydrogens (tertiary/aromatic N) is 2. The molecule has 0 aromatic heterocycles. The summed E-state index contributed by atoms with van der Waals surface area (Å²) in [4.78, 5) is 12.4. The summed E-state index contributed by atoms with van der Waals surface area (Å²) in [7, 11) is -3.98. The van der Waals surface area contributed by atoms with Crippen molar-refractivity contribution in [2.24, 2.45) is 10.2 Å². The largest absolute Gasteiger partial charge is 0.333 e. The summed E-state index contributed by atoms with van der Waals surface area (Å²) < 4.78 is 28.9. The van der Waals surface area contributed by atoms with Gasteiger partial charge in [0.2, 0.25) is 0 Å². The molecule has 9 heteroatoms. The fourth-order valence-electron chi connectivity index (χ4n) is 4.32. The second-order valence-corrected chi connectivity index (χ2v) is 9.32. The van der Waals surface area contributed by atoms with Gasteiger partial charge in [-0.05, 0) is 60.8 Å². The number of aryl methyl sites for hydroxylation is 2. The Morgan fingerprint density at radius 3 is 2.34 bits per heavy atom. The second kappa shape index (κ2) is 7.76. The average Bonchev–Trinajstić information content (AvgIpc) is 3.05. The Balaban J connectivity index is 1.35. The van der Waals surface area contributed by atoms with Gasteiger partial charge in [0, 0.05) is 31.5 Å². The Kier molecular flexibility index (Phi) is 5.32. The summed E-state index contributed by atoms with van der Waals surface area (Å²) >= 11 is 0. The molecule has 2 amide bonds. The zero-order valence-electron chi connectivity index (χ0n) is 16.3. The van der Waals surface area contributed by atoms with Gasteiger partial charge in [-0.25, -0.2) is 9.52 Å². The van der Waals surface area contributed by atoms with Crippen LogP contribution in [0.2, 0.25) is 0 Å². The van der Waals surface area contributed by atoms with Crippen molar-refractivity contribution in [3.05, 3.63) is 28.3 Å². The third kappa shape index (κ3) is 4.43. The van der Waals surface area contributed by atoms with E-state index in [-0.39, 0.29) is 6.54 Å². The highest BCUT2D eigenvalue weighted by Crippen LogP contribution is 2.38. The third-order valence-electron chi connectivity index (χ3n) is 5.81. The van der Waals surface area contributed by atoms with Crippen molar-refractivity contribution in [2.75, 3.05) is 11.9 Å². The number of hydrogen-bond donors (Lipinski definition) is 3. The summed E-state index contributed by atoms with van der Waals surface area (Å²) in [5.41, 5.74) is 5.09. The number of fused-ring (bicyclic) bond motifs is 2. The van der Waals surface area contributed by atoms with Gasteiger partial charge in [-0.1, -0.05) is 6.07 Å². The van der Waals surface area contributed by atoms with E-state index in [0.717, 1.165) is 55.3 Å². The van der Waals surface area contributed by atoms with Crippen LogP contribution in [0.5, 0.6) is 0 Å². The molecule has 0 spiro atoms. The molecule has 0 saturated heterocycles. The number of terminal acetylenes is 1. The van der Waals surface area contributed by atoms with Crippen molar-refractivity contribution >= 4 is 21.9 Å². The second-order valence-electron chi connectivity index (χ2n) is 7.82. The van der Waals surface area contributed by atoms with Gasteiger partial charge in [0.15, 0.2) is 5.66 Å². The van der Waals surface area contributed by atoms with Crippen molar-refractivity contribution in [3.8, 4) is 12.3 Å². The zero-order valence-corrected chi connectivity index (χ0v) is 17.1. The number of carbonyl (C=O) groups excluding carboxylic acids is 1. The highest BCUT2D eigenvalue weighted by molar-refractivity contribution is 7.88. The molecular weight excluding hydrogens is 390 g/mol. The SMILES string of the molecule is C#CCCC1(CCNS(=O)(=O)NC(=O)Nc2c3c(cc4c2CCC4)CCC3)N=N1. The van der Waals surface area contributed by atoms with Gasteiger partial charge in [-0.15, -0.1) is 12.3 Å². The number of amides is 2. The first kappa shape index (κ1) is 19.9. The molecule has 29 heavy (non-hydrogen) atoms. The lowest BCUT2D eigenvalue weighted by Crippen LogP contribution is -2.43. The first-order valence-corrected chi connectivity index (χ1v) is 11.5. The normalized spacial score (nSPS) is 18.0. The molecule has 0 saturated carbocycles. The number of rotatable bonds is 8. The van der Waals surface area contributed by atoms with Crippen molar-refractivity contribution in [3.63, 3.8) is 0 Å². The van der Waals surface area contributed by atoms with Gasteiger partial charge >= 0.3 is 16.2 Å². The molecule has 2 aliphatic carbocycles. The molecule has 0 unspecified atom stereocenters. The zero-order chi connectivity index (χ0) is 20.5. The van der Waals surface area contributed by atoms with Crippen molar-refractivity contribution in [1.82, 2.24) is 9.44 Å². The Morgan fingerprint density at radius 1 is 1.10 bits per heavy atom. The fraction of sp³-hybridized carbons (Fsp3) is 0.550. The third-order valence-corrected chi connectivity index (χ3v) is 6.85. The summed E-state index contributed by atoms with van der Waals surface area (Å²) in [5, 5.41) is 10.8. The van der Waals surface area contributed by atoms with Crippen molar-refractivity contribution in [1.29, 1.82) is 0 Å². The molecule has 3 aliphatic rings. The van der Waals surface area contributed by atoms with Crippen LogP contribution in [0.15, 0.2) is 16.3 Å². The van der Waals surface area contributed by atoms with Gasteiger partial charge < -0.3 is 5.32 Å². The van der Waals surface area contributed by atoms with Crippen molar-refractivity contribution in [2.45, 2.75) is 63.5 Å². The van der Waals surface area contributed by atoms with Crippen LogP contribution < -0.4 is 14.8 Å². The maximum Gasteiger partial charge on any atom is 0.333 e. The highest BCUT2D eigenvalue weighted by Gasteiger charge is 2.39. The Morgan fingerprint density at radius 2 is 1.76 bits per heavy atom. The molecule has 8 nitrogen and oxygen atoms in total. The number of benzene rings is 1. The standard InChI is InChI=1S/C20H25N5O3S/c1-2-3-10-20(24-25-20)11-12-21-29(27,28)23-19(26)22-18-16-8-4-6-14(16)13-15-7-5-9-17(15)18/h1,13,21H,3-12H2,(H2,22,23,26). The molecule has 3 N–H and O–H groups in total. The van der Waals surface area contributed by atoms with E-state index < -0.39 is 21.9 Å². The predicted octanol–water partition coefficient (Wildman–Crippen LogP) is 2.59.